The molecule has 0 aliphatic heterocycles. The van der Waals surface area contributed by atoms with E-state index in [1.165, 1.54) is 0 Å². The van der Waals surface area contributed by atoms with E-state index in [0.717, 1.165) is 18.5 Å². The number of hydrogen-bond acceptors (Lipinski definition) is 3. The van der Waals surface area contributed by atoms with Crippen molar-refractivity contribution in [1.29, 1.82) is 0 Å². The molecule has 0 radical (unpaired) electrons. The number of carboxylic acid groups (broad SMARTS) is 1. The van der Waals surface area contributed by atoms with Crippen LogP contribution in [0.3, 0.4) is 0 Å². The van der Waals surface area contributed by atoms with Gasteiger partial charge in [-0.05, 0) is 25.8 Å². The number of aliphatic carboxylic acids is 1. The molecule has 1 amide bonds. The Balaban J connectivity index is 2.81. The van der Waals surface area contributed by atoms with Gasteiger partial charge in [0.1, 0.15) is 5.69 Å². The summed E-state index contributed by atoms with van der Waals surface area (Å²) in [6, 6.07) is 1.92. The molecule has 0 fully saturated rings. The first-order valence-corrected chi connectivity index (χ1v) is 6.55. The topological polar surface area (TPSA) is 84.2 Å². The van der Waals surface area contributed by atoms with Crippen LogP contribution in [0.25, 0.3) is 0 Å². The fourth-order valence-corrected chi connectivity index (χ4v) is 1.97. The van der Waals surface area contributed by atoms with Crippen molar-refractivity contribution in [1.82, 2.24) is 15.1 Å². The maximum atomic E-state index is 12.0. The van der Waals surface area contributed by atoms with Crippen molar-refractivity contribution in [2.45, 2.75) is 46.1 Å². The lowest BCUT2D eigenvalue weighted by Crippen LogP contribution is -2.29. The summed E-state index contributed by atoms with van der Waals surface area (Å²) in [7, 11) is 0. The van der Waals surface area contributed by atoms with E-state index >= 15 is 0 Å². The van der Waals surface area contributed by atoms with Gasteiger partial charge in [0, 0.05) is 6.54 Å². The molecule has 0 aliphatic rings. The van der Waals surface area contributed by atoms with E-state index < -0.39 is 5.97 Å². The Bertz CT molecular complexity index is 450. The lowest BCUT2D eigenvalue weighted by Gasteiger charge is -2.16. The third kappa shape index (κ3) is 4.08. The Morgan fingerprint density at radius 3 is 2.58 bits per heavy atom. The Morgan fingerprint density at radius 1 is 1.42 bits per heavy atom. The molecule has 2 N–H and O–H groups in total. The van der Waals surface area contributed by atoms with Crippen LogP contribution >= 0.6 is 0 Å². The van der Waals surface area contributed by atoms with Crippen LogP contribution in [0.4, 0.5) is 0 Å². The summed E-state index contributed by atoms with van der Waals surface area (Å²) in [5.74, 6) is -1.20. The first-order chi connectivity index (χ1) is 8.99. The molecule has 0 atom stereocenters. The zero-order chi connectivity index (χ0) is 14.4. The van der Waals surface area contributed by atoms with E-state index in [9.17, 15) is 9.59 Å². The van der Waals surface area contributed by atoms with E-state index in [1.54, 1.807) is 10.7 Å². The van der Waals surface area contributed by atoms with Crippen LogP contribution in [-0.2, 0) is 4.79 Å². The van der Waals surface area contributed by atoms with Crippen molar-refractivity contribution in [2.24, 2.45) is 0 Å². The summed E-state index contributed by atoms with van der Waals surface area (Å²) in [5, 5.41) is 15.5. The van der Waals surface area contributed by atoms with Crippen LogP contribution in [0.15, 0.2) is 6.07 Å². The second kappa shape index (κ2) is 6.92. The number of carboxylic acids is 1. The number of aromatic nitrogens is 2. The van der Waals surface area contributed by atoms with Crippen LogP contribution in [0.1, 0.15) is 55.3 Å². The molecule has 0 saturated heterocycles. The normalized spacial score (nSPS) is 10.7. The third-order valence-electron chi connectivity index (χ3n) is 3.00. The number of rotatable bonds is 7. The maximum Gasteiger partial charge on any atom is 0.305 e. The molecule has 19 heavy (non-hydrogen) atoms. The average Bonchev–Trinajstić information content (AvgIpc) is 2.72. The van der Waals surface area contributed by atoms with Gasteiger partial charge in [0.2, 0.25) is 0 Å². The lowest BCUT2D eigenvalue weighted by atomic mass is 10.1. The molecule has 0 bridgehead atoms. The molecule has 6 nitrogen and oxygen atoms in total. The van der Waals surface area contributed by atoms with Gasteiger partial charge >= 0.3 is 5.97 Å². The van der Waals surface area contributed by atoms with Crippen LogP contribution in [0.2, 0.25) is 0 Å². The van der Waals surface area contributed by atoms with Crippen molar-refractivity contribution >= 4 is 11.9 Å². The molecule has 106 valence electrons. The molecule has 1 rings (SSSR count). The summed E-state index contributed by atoms with van der Waals surface area (Å²) in [5.41, 5.74) is 1.28. The molecule has 6 heteroatoms. The minimum absolute atomic E-state index is 0.0795. The zero-order valence-corrected chi connectivity index (χ0v) is 11.6. The van der Waals surface area contributed by atoms with E-state index in [-0.39, 0.29) is 24.9 Å². The summed E-state index contributed by atoms with van der Waals surface area (Å²) < 4.78 is 1.74. The highest BCUT2D eigenvalue weighted by atomic mass is 16.4. The van der Waals surface area contributed by atoms with Gasteiger partial charge in [0.05, 0.1) is 18.2 Å². The highest BCUT2D eigenvalue weighted by Crippen LogP contribution is 2.18. The Kier molecular flexibility index (Phi) is 5.54. The van der Waals surface area contributed by atoms with Crippen molar-refractivity contribution in [2.75, 3.05) is 6.54 Å². The van der Waals surface area contributed by atoms with Gasteiger partial charge in [-0.2, -0.15) is 5.10 Å². The molecule has 0 aliphatic carbocycles. The Morgan fingerprint density at radius 2 is 2.05 bits per heavy atom. The number of nitrogens with zero attached hydrogens (tertiary/aromatic N) is 2. The van der Waals surface area contributed by atoms with Crippen molar-refractivity contribution in [3.8, 4) is 0 Å². The molecule has 1 aromatic heterocycles. The second-order valence-corrected chi connectivity index (χ2v) is 4.49. The standard InChI is InChI=1S/C13H21N3O3/c1-4-10(5-2)16-11(8-9(3)15-16)13(19)14-7-6-12(17)18/h8,10H,4-7H2,1-3H3,(H,14,19)(H,17,18). The van der Waals surface area contributed by atoms with Crippen LogP contribution in [0.5, 0.6) is 0 Å². The fourth-order valence-electron chi connectivity index (χ4n) is 1.97. The highest BCUT2D eigenvalue weighted by molar-refractivity contribution is 5.92. The number of amides is 1. The molecule has 0 aromatic carbocycles. The van der Waals surface area contributed by atoms with Crippen molar-refractivity contribution < 1.29 is 14.7 Å². The van der Waals surface area contributed by atoms with Gasteiger partial charge in [-0.25, -0.2) is 0 Å². The van der Waals surface area contributed by atoms with Gasteiger partial charge in [-0.1, -0.05) is 13.8 Å². The number of carbonyl (C=O) groups is 2. The lowest BCUT2D eigenvalue weighted by molar-refractivity contribution is -0.136. The number of nitrogens with one attached hydrogen (secondary N) is 1. The number of hydrogen-bond donors (Lipinski definition) is 2. The molecule has 1 aromatic rings. The average molecular weight is 267 g/mol. The van der Waals surface area contributed by atoms with Gasteiger partial charge in [0.25, 0.3) is 5.91 Å². The SMILES string of the molecule is CCC(CC)n1nc(C)cc1C(=O)NCCC(=O)O. The Hall–Kier alpha value is -1.85. The number of aryl methyl sites for hydroxylation is 1. The molecule has 0 spiro atoms. The maximum absolute atomic E-state index is 12.0. The van der Waals surface area contributed by atoms with Gasteiger partial charge in [-0.3, -0.25) is 14.3 Å². The zero-order valence-electron chi connectivity index (χ0n) is 11.6. The highest BCUT2D eigenvalue weighted by Gasteiger charge is 2.18. The van der Waals surface area contributed by atoms with E-state index in [4.69, 9.17) is 5.11 Å². The molecular formula is C13H21N3O3. The Labute approximate surface area is 112 Å². The predicted octanol–water partition coefficient (Wildman–Crippen LogP) is 1.76. The molecular weight excluding hydrogens is 246 g/mol. The first kappa shape index (κ1) is 15.2. The van der Waals surface area contributed by atoms with Gasteiger partial charge in [-0.15, -0.1) is 0 Å². The fraction of sp³-hybridized carbons (Fsp3) is 0.615. The van der Waals surface area contributed by atoms with E-state index in [1.807, 2.05) is 6.92 Å². The predicted molar refractivity (Wildman–Crippen MR) is 71.2 cm³/mol. The van der Waals surface area contributed by atoms with E-state index in [2.05, 4.69) is 24.3 Å². The summed E-state index contributed by atoms with van der Waals surface area (Å²) in [6.45, 7) is 6.07. The monoisotopic (exact) mass is 267 g/mol. The van der Waals surface area contributed by atoms with Crippen LogP contribution in [0, 0.1) is 6.92 Å². The first-order valence-electron chi connectivity index (χ1n) is 6.55. The minimum atomic E-state index is -0.926. The van der Waals surface area contributed by atoms with Crippen LogP contribution < -0.4 is 5.32 Å². The number of carbonyl (C=O) groups excluding carboxylic acids is 1. The summed E-state index contributed by atoms with van der Waals surface area (Å²) in [4.78, 5) is 22.5. The second-order valence-electron chi connectivity index (χ2n) is 4.49. The van der Waals surface area contributed by atoms with Crippen molar-refractivity contribution in [3.63, 3.8) is 0 Å². The summed E-state index contributed by atoms with van der Waals surface area (Å²) >= 11 is 0. The molecule has 0 saturated carbocycles. The largest absolute Gasteiger partial charge is 0.481 e. The smallest absolute Gasteiger partial charge is 0.305 e. The molecule has 1 heterocycles. The third-order valence-corrected chi connectivity index (χ3v) is 3.00. The quantitative estimate of drug-likeness (QED) is 0.788. The van der Waals surface area contributed by atoms with E-state index in [0.29, 0.717) is 5.69 Å². The van der Waals surface area contributed by atoms with Crippen molar-refractivity contribution in [3.05, 3.63) is 17.5 Å². The van der Waals surface area contributed by atoms with Gasteiger partial charge in [0.15, 0.2) is 0 Å². The summed E-state index contributed by atoms with van der Waals surface area (Å²) in [6.07, 6.45) is 1.71. The van der Waals surface area contributed by atoms with Crippen LogP contribution in [-0.4, -0.2) is 33.3 Å². The molecule has 0 unspecified atom stereocenters. The minimum Gasteiger partial charge on any atom is -0.481 e. The van der Waals surface area contributed by atoms with Gasteiger partial charge < -0.3 is 10.4 Å².